The van der Waals surface area contributed by atoms with E-state index in [0.29, 0.717) is 23.4 Å². The molecule has 0 saturated carbocycles. The number of carbonyl (C=O) groups excluding carboxylic acids is 1. The molecule has 0 unspecified atom stereocenters. The summed E-state index contributed by atoms with van der Waals surface area (Å²) in [6.07, 6.45) is 0.568. The van der Waals surface area contributed by atoms with Crippen LogP contribution in [0.3, 0.4) is 0 Å². The highest BCUT2D eigenvalue weighted by Crippen LogP contribution is 2.29. The van der Waals surface area contributed by atoms with Crippen LogP contribution in [0.1, 0.15) is 54.9 Å². The number of hydrogen-bond acceptors (Lipinski definition) is 5. The number of alkyl halides is 3. The Bertz CT molecular complexity index is 1150. The smallest absolute Gasteiger partial charge is 0.370 e. The number of halogens is 3. The highest BCUT2D eigenvalue weighted by Gasteiger charge is 2.37. The summed E-state index contributed by atoms with van der Waals surface area (Å²) in [5, 5.41) is 6.58. The third-order valence-corrected chi connectivity index (χ3v) is 6.03. The number of para-hydroxylation sites is 2. The van der Waals surface area contributed by atoms with Crippen molar-refractivity contribution in [2.75, 3.05) is 23.3 Å². The number of nitrogens with one attached hydrogen (secondary N) is 1. The van der Waals surface area contributed by atoms with Crippen molar-refractivity contribution in [2.45, 2.75) is 58.5 Å². The van der Waals surface area contributed by atoms with E-state index in [1.54, 1.807) is 13.8 Å². The zero-order valence-corrected chi connectivity index (χ0v) is 18.7. The third-order valence-electron chi connectivity index (χ3n) is 6.03. The molecule has 0 radical (unpaired) electrons. The minimum absolute atomic E-state index is 0.100. The van der Waals surface area contributed by atoms with E-state index < -0.39 is 12.0 Å². The van der Waals surface area contributed by atoms with E-state index in [0.717, 1.165) is 41.8 Å². The van der Waals surface area contributed by atoms with Crippen LogP contribution in [0, 0.1) is 13.8 Å². The first-order valence-electron chi connectivity index (χ1n) is 11.2. The van der Waals surface area contributed by atoms with Crippen LogP contribution >= 0.6 is 0 Å². The lowest BCUT2D eigenvalue weighted by Crippen LogP contribution is -2.25. The fraction of sp³-hybridized carbons (Fsp3) is 0.478. The van der Waals surface area contributed by atoms with Crippen molar-refractivity contribution in [3.63, 3.8) is 0 Å². The number of amides is 1. The summed E-state index contributed by atoms with van der Waals surface area (Å²) >= 11 is 0. The lowest BCUT2D eigenvalue weighted by molar-refractivity contribution is -0.144. The Balaban J connectivity index is 1.48. The van der Waals surface area contributed by atoms with Gasteiger partial charge in [-0.25, -0.2) is 9.50 Å². The normalized spacial score (nSPS) is 15.0. The standard InChI is InChI=1S/C23H27F3N6O/c1-15-17(16(2)32-22(27-15)29-21(30-32)23(24,25)26)11-12-20(33)28-18-9-5-6-10-19(18)31-13-7-3-4-8-14-31/h5-6,9-10H,3-4,7-8,11-14H2,1-2H3,(H,28,33). The fourth-order valence-electron chi connectivity index (χ4n) is 4.31. The van der Waals surface area contributed by atoms with Crippen LogP contribution in [0.15, 0.2) is 24.3 Å². The molecule has 7 nitrogen and oxygen atoms in total. The van der Waals surface area contributed by atoms with Crippen molar-refractivity contribution >= 4 is 23.1 Å². The van der Waals surface area contributed by atoms with Crippen LogP contribution in [-0.4, -0.2) is 38.6 Å². The van der Waals surface area contributed by atoms with Gasteiger partial charge in [-0.15, -0.1) is 5.10 Å². The lowest BCUT2D eigenvalue weighted by atomic mass is 10.1. The summed E-state index contributed by atoms with van der Waals surface area (Å²) in [5.74, 6) is -1.49. The summed E-state index contributed by atoms with van der Waals surface area (Å²) in [4.78, 5) is 22.8. The second-order valence-corrected chi connectivity index (χ2v) is 8.37. The molecule has 1 saturated heterocycles. The number of nitrogens with zero attached hydrogens (tertiary/aromatic N) is 5. The third kappa shape index (κ3) is 5.09. The van der Waals surface area contributed by atoms with Gasteiger partial charge in [0.05, 0.1) is 11.4 Å². The number of benzene rings is 1. The molecule has 0 bridgehead atoms. The van der Waals surface area contributed by atoms with Gasteiger partial charge < -0.3 is 10.2 Å². The molecular weight excluding hydrogens is 433 g/mol. The van der Waals surface area contributed by atoms with E-state index in [2.05, 4.69) is 25.3 Å². The molecule has 1 amide bonds. The zero-order chi connectivity index (χ0) is 23.6. The molecule has 4 rings (SSSR count). The van der Waals surface area contributed by atoms with E-state index in [4.69, 9.17) is 0 Å². The van der Waals surface area contributed by atoms with Crippen LogP contribution < -0.4 is 10.2 Å². The SMILES string of the molecule is Cc1nc2nc(C(F)(F)F)nn2c(C)c1CCC(=O)Nc1ccccc1N1CCCCCC1. The fourth-order valence-corrected chi connectivity index (χ4v) is 4.31. The van der Waals surface area contributed by atoms with Crippen LogP contribution in [0.25, 0.3) is 5.78 Å². The maximum atomic E-state index is 13.0. The Hall–Kier alpha value is -3.17. The van der Waals surface area contributed by atoms with Crippen molar-refractivity contribution in [1.29, 1.82) is 0 Å². The first-order chi connectivity index (χ1) is 15.7. The van der Waals surface area contributed by atoms with Gasteiger partial charge in [0.2, 0.25) is 5.91 Å². The first kappa shape index (κ1) is 23.0. The average molecular weight is 461 g/mol. The minimum atomic E-state index is -4.64. The quantitative estimate of drug-likeness (QED) is 0.597. The molecule has 2 aromatic heterocycles. The van der Waals surface area contributed by atoms with Gasteiger partial charge in [0.25, 0.3) is 11.6 Å². The van der Waals surface area contributed by atoms with Gasteiger partial charge in [-0.2, -0.15) is 18.2 Å². The Morgan fingerprint density at radius 3 is 2.45 bits per heavy atom. The van der Waals surface area contributed by atoms with Crippen LogP contribution in [0.2, 0.25) is 0 Å². The van der Waals surface area contributed by atoms with Crippen molar-refractivity contribution in [3.05, 3.63) is 47.0 Å². The first-order valence-corrected chi connectivity index (χ1v) is 11.2. The monoisotopic (exact) mass is 460 g/mol. The highest BCUT2D eigenvalue weighted by molar-refractivity contribution is 5.94. The Kier molecular flexibility index (Phi) is 6.53. The maximum absolute atomic E-state index is 13.0. The Morgan fingerprint density at radius 2 is 1.76 bits per heavy atom. The molecule has 10 heteroatoms. The number of anilines is 2. The van der Waals surface area contributed by atoms with Gasteiger partial charge >= 0.3 is 6.18 Å². The second-order valence-electron chi connectivity index (χ2n) is 8.37. The Morgan fingerprint density at radius 1 is 1.06 bits per heavy atom. The zero-order valence-electron chi connectivity index (χ0n) is 18.7. The molecule has 0 spiro atoms. The molecule has 1 aliphatic heterocycles. The molecule has 0 atom stereocenters. The van der Waals surface area contributed by atoms with E-state index in [1.807, 2.05) is 24.3 Å². The van der Waals surface area contributed by atoms with Gasteiger partial charge in [-0.3, -0.25) is 4.79 Å². The van der Waals surface area contributed by atoms with Crippen molar-refractivity contribution < 1.29 is 18.0 Å². The van der Waals surface area contributed by atoms with Crippen molar-refractivity contribution in [2.24, 2.45) is 0 Å². The van der Waals surface area contributed by atoms with Crippen LogP contribution in [0.5, 0.6) is 0 Å². The van der Waals surface area contributed by atoms with Gasteiger partial charge in [-0.05, 0) is 50.8 Å². The van der Waals surface area contributed by atoms with Crippen LogP contribution in [0.4, 0.5) is 24.5 Å². The summed E-state index contributed by atoms with van der Waals surface area (Å²) in [6.45, 7) is 5.30. The van der Waals surface area contributed by atoms with Crippen LogP contribution in [-0.2, 0) is 17.4 Å². The summed E-state index contributed by atoms with van der Waals surface area (Å²) < 4.78 is 40.1. The molecule has 0 aliphatic carbocycles. The molecule has 33 heavy (non-hydrogen) atoms. The minimum Gasteiger partial charge on any atom is -0.370 e. The van der Waals surface area contributed by atoms with Crippen molar-refractivity contribution in [3.8, 4) is 0 Å². The number of rotatable bonds is 5. The topological polar surface area (TPSA) is 75.4 Å². The Labute approximate surface area is 190 Å². The largest absolute Gasteiger partial charge is 0.453 e. The average Bonchev–Trinajstić information content (AvgIpc) is 3.02. The summed E-state index contributed by atoms with van der Waals surface area (Å²) in [5.41, 5.74) is 3.53. The lowest BCUT2D eigenvalue weighted by Gasteiger charge is -2.25. The van der Waals surface area contributed by atoms with E-state index in [9.17, 15) is 18.0 Å². The molecule has 1 aromatic carbocycles. The number of aromatic nitrogens is 4. The van der Waals surface area contributed by atoms with Gasteiger partial charge in [0, 0.05) is 30.9 Å². The number of aryl methyl sites for hydroxylation is 2. The van der Waals surface area contributed by atoms with Gasteiger partial charge in [0.15, 0.2) is 0 Å². The maximum Gasteiger partial charge on any atom is 0.453 e. The number of fused-ring (bicyclic) bond motifs is 1. The molecule has 1 aliphatic rings. The summed E-state index contributed by atoms with van der Waals surface area (Å²) in [7, 11) is 0. The number of carbonyl (C=O) groups is 1. The molecule has 3 aromatic rings. The van der Waals surface area contributed by atoms with Gasteiger partial charge in [0.1, 0.15) is 0 Å². The second kappa shape index (κ2) is 9.36. The van der Waals surface area contributed by atoms with E-state index >= 15 is 0 Å². The van der Waals surface area contributed by atoms with E-state index in [1.165, 1.54) is 12.8 Å². The van der Waals surface area contributed by atoms with Gasteiger partial charge in [-0.1, -0.05) is 25.0 Å². The predicted octanol–water partition coefficient (Wildman–Crippen LogP) is 4.71. The molecule has 1 fully saturated rings. The molecule has 3 heterocycles. The van der Waals surface area contributed by atoms with E-state index in [-0.39, 0.29) is 18.1 Å². The molecule has 176 valence electrons. The summed E-state index contributed by atoms with van der Waals surface area (Å²) in [6, 6.07) is 7.79. The molecule has 1 N–H and O–H groups in total. The predicted molar refractivity (Wildman–Crippen MR) is 119 cm³/mol. The number of hydrogen-bond donors (Lipinski definition) is 1. The molecular formula is C23H27F3N6O. The van der Waals surface area contributed by atoms with Crippen molar-refractivity contribution in [1.82, 2.24) is 19.6 Å². The highest BCUT2D eigenvalue weighted by atomic mass is 19.4.